The van der Waals surface area contributed by atoms with Gasteiger partial charge in [-0.2, -0.15) is 0 Å². The molecule has 2 aliphatic heterocycles. The smallest absolute Gasteiger partial charge is 0.410 e. The molecule has 0 N–H and O–H groups in total. The van der Waals surface area contributed by atoms with Gasteiger partial charge in [0.2, 0.25) is 0 Å². The minimum Gasteiger partial charge on any atom is -0.465 e. The highest BCUT2D eigenvalue weighted by atomic mass is 19.1. The number of benzene rings is 1. The summed E-state index contributed by atoms with van der Waals surface area (Å²) in [6.45, 7) is 5.64. The van der Waals surface area contributed by atoms with Gasteiger partial charge in [-0.3, -0.25) is 4.79 Å². The number of halogens is 1. The van der Waals surface area contributed by atoms with Crippen molar-refractivity contribution in [3.63, 3.8) is 0 Å². The lowest BCUT2D eigenvalue weighted by Crippen LogP contribution is -2.53. The second kappa shape index (κ2) is 7.07. The highest BCUT2D eigenvalue weighted by Gasteiger charge is 2.58. The SMILES string of the molecule is COC(=O)c1cccc(N2C[C@@H]3CN(C(=O)OC(C)(C)C)CC[C@]3(F)C2=O)c1. The predicted molar refractivity (Wildman–Crippen MR) is 99.9 cm³/mol. The number of carbonyl (C=O) groups is 3. The van der Waals surface area contributed by atoms with E-state index in [0.29, 0.717) is 5.69 Å². The molecule has 0 unspecified atom stereocenters. The quantitative estimate of drug-likeness (QED) is 0.724. The molecule has 2 saturated heterocycles. The number of rotatable bonds is 2. The molecule has 2 aliphatic rings. The average molecular weight is 392 g/mol. The lowest BCUT2D eigenvalue weighted by molar-refractivity contribution is -0.131. The van der Waals surface area contributed by atoms with E-state index < -0.39 is 35.2 Å². The maximum Gasteiger partial charge on any atom is 0.410 e. The van der Waals surface area contributed by atoms with Gasteiger partial charge in [0.1, 0.15) is 5.60 Å². The lowest BCUT2D eigenvalue weighted by Gasteiger charge is -2.37. The standard InChI is InChI=1S/C20H25FN2O5/c1-19(2,3)28-18(26)22-9-8-20(21)14(11-22)12-23(17(20)25)15-7-5-6-13(10-15)16(24)27-4/h5-7,10,14H,8-9,11-12H2,1-4H3/t14-,20+/m0/s1. The summed E-state index contributed by atoms with van der Waals surface area (Å²) < 4.78 is 25.6. The van der Waals surface area contributed by atoms with Crippen molar-refractivity contribution in [3.05, 3.63) is 29.8 Å². The van der Waals surface area contributed by atoms with Crippen molar-refractivity contribution in [1.29, 1.82) is 0 Å². The van der Waals surface area contributed by atoms with Crippen LogP contribution in [0.3, 0.4) is 0 Å². The van der Waals surface area contributed by atoms with Gasteiger partial charge in [0, 0.05) is 37.7 Å². The summed E-state index contributed by atoms with van der Waals surface area (Å²) in [6, 6.07) is 6.35. The van der Waals surface area contributed by atoms with Crippen molar-refractivity contribution in [2.24, 2.45) is 5.92 Å². The monoisotopic (exact) mass is 392 g/mol. The van der Waals surface area contributed by atoms with Crippen LogP contribution in [0.2, 0.25) is 0 Å². The topological polar surface area (TPSA) is 76.2 Å². The molecule has 0 aromatic heterocycles. The summed E-state index contributed by atoms with van der Waals surface area (Å²) in [6.07, 6.45) is -0.587. The number of nitrogens with zero attached hydrogens (tertiary/aromatic N) is 2. The molecule has 0 radical (unpaired) electrons. The van der Waals surface area contributed by atoms with Crippen LogP contribution in [0.5, 0.6) is 0 Å². The van der Waals surface area contributed by atoms with Crippen LogP contribution in [0.1, 0.15) is 37.6 Å². The number of likely N-dealkylation sites (tertiary alicyclic amines) is 1. The van der Waals surface area contributed by atoms with Crippen LogP contribution in [-0.4, -0.2) is 60.9 Å². The number of hydrogen-bond donors (Lipinski definition) is 0. The summed E-state index contributed by atoms with van der Waals surface area (Å²) in [5.74, 6) is -1.83. The molecule has 2 fully saturated rings. The molecule has 28 heavy (non-hydrogen) atoms. The molecule has 2 heterocycles. The first-order valence-electron chi connectivity index (χ1n) is 9.22. The Morgan fingerprint density at radius 1 is 1.25 bits per heavy atom. The Bertz CT molecular complexity index is 806. The number of fused-ring (bicyclic) bond motifs is 1. The Morgan fingerprint density at radius 3 is 2.61 bits per heavy atom. The Morgan fingerprint density at radius 2 is 1.96 bits per heavy atom. The van der Waals surface area contributed by atoms with Gasteiger partial charge in [-0.25, -0.2) is 14.0 Å². The number of ether oxygens (including phenoxy) is 2. The van der Waals surface area contributed by atoms with Crippen LogP contribution >= 0.6 is 0 Å². The molecule has 8 heteroatoms. The summed E-state index contributed by atoms with van der Waals surface area (Å²) >= 11 is 0. The molecule has 152 valence electrons. The maximum absolute atomic E-state index is 15.5. The highest BCUT2D eigenvalue weighted by Crippen LogP contribution is 2.41. The van der Waals surface area contributed by atoms with Gasteiger partial charge in [-0.05, 0) is 39.0 Å². The highest BCUT2D eigenvalue weighted by molar-refractivity contribution is 6.03. The van der Waals surface area contributed by atoms with Crippen molar-refractivity contribution in [2.75, 3.05) is 31.6 Å². The lowest BCUT2D eigenvalue weighted by atomic mass is 9.85. The van der Waals surface area contributed by atoms with Crippen LogP contribution in [0.25, 0.3) is 0 Å². The van der Waals surface area contributed by atoms with Crippen LogP contribution < -0.4 is 4.90 Å². The fourth-order valence-electron chi connectivity index (χ4n) is 3.65. The van der Waals surface area contributed by atoms with Gasteiger partial charge in [-0.1, -0.05) is 6.07 Å². The molecule has 7 nitrogen and oxygen atoms in total. The number of carbonyl (C=O) groups excluding carboxylic acids is 3. The third-order valence-corrected chi connectivity index (χ3v) is 5.07. The van der Waals surface area contributed by atoms with E-state index in [2.05, 4.69) is 0 Å². The number of esters is 1. The summed E-state index contributed by atoms with van der Waals surface area (Å²) in [5, 5.41) is 0. The number of alkyl halides is 1. The molecule has 2 amide bonds. The van der Waals surface area contributed by atoms with Crippen LogP contribution in [-0.2, 0) is 14.3 Å². The molecule has 0 spiro atoms. The van der Waals surface area contributed by atoms with Gasteiger partial charge in [-0.15, -0.1) is 0 Å². The zero-order chi connectivity index (χ0) is 20.7. The molecular formula is C20H25FN2O5. The molecular weight excluding hydrogens is 367 g/mol. The maximum atomic E-state index is 15.5. The van der Waals surface area contributed by atoms with Crippen LogP contribution in [0.15, 0.2) is 24.3 Å². The van der Waals surface area contributed by atoms with Gasteiger partial charge < -0.3 is 19.3 Å². The normalized spacial score (nSPS) is 24.8. The fraction of sp³-hybridized carbons (Fsp3) is 0.550. The molecule has 1 aromatic rings. The van der Waals surface area contributed by atoms with Crippen LogP contribution in [0, 0.1) is 5.92 Å². The average Bonchev–Trinajstić information content (AvgIpc) is 2.90. The van der Waals surface area contributed by atoms with Crippen molar-refractivity contribution in [2.45, 2.75) is 38.5 Å². The third kappa shape index (κ3) is 3.68. The Balaban J connectivity index is 1.79. The van der Waals surface area contributed by atoms with E-state index in [1.807, 2.05) is 0 Å². The minimum atomic E-state index is -2.03. The van der Waals surface area contributed by atoms with E-state index in [9.17, 15) is 14.4 Å². The first-order chi connectivity index (χ1) is 13.0. The van der Waals surface area contributed by atoms with Crippen molar-refractivity contribution in [3.8, 4) is 0 Å². The second-order valence-corrected chi connectivity index (χ2v) is 8.19. The van der Waals surface area contributed by atoms with Gasteiger partial charge in [0.25, 0.3) is 5.91 Å². The number of methoxy groups -OCH3 is 1. The van der Waals surface area contributed by atoms with E-state index in [1.165, 1.54) is 23.0 Å². The Hall–Kier alpha value is -2.64. The minimum absolute atomic E-state index is 0.0804. The van der Waals surface area contributed by atoms with Gasteiger partial charge in [0.15, 0.2) is 5.67 Å². The van der Waals surface area contributed by atoms with Crippen LogP contribution in [0.4, 0.5) is 14.9 Å². The zero-order valence-corrected chi connectivity index (χ0v) is 16.5. The van der Waals surface area contributed by atoms with E-state index in [-0.39, 0.29) is 31.6 Å². The molecule has 1 aromatic carbocycles. The summed E-state index contributed by atoms with van der Waals surface area (Å²) in [7, 11) is 1.27. The molecule has 0 saturated carbocycles. The molecule has 2 atom stereocenters. The molecule has 0 aliphatic carbocycles. The van der Waals surface area contributed by atoms with E-state index in [1.54, 1.807) is 39.0 Å². The predicted octanol–water partition coefficient (Wildman–Crippen LogP) is 2.79. The Kier molecular flexibility index (Phi) is 5.08. The number of hydrogen-bond acceptors (Lipinski definition) is 5. The first-order valence-corrected chi connectivity index (χ1v) is 9.22. The number of anilines is 1. The fourth-order valence-corrected chi connectivity index (χ4v) is 3.65. The molecule has 0 bridgehead atoms. The largest absolute Gasteiger partial charge is 0.465 e. The zero-order valence-electron chi connectivity index (χ0n) is 16.5. The van der Waals surface area contributed by atoms with Gasteiger partial charge >= 0.3 is 12.1 Å². The van der Waals surface area contributed by atoms with E-state index >= 15 is 4.39 Å². The summed E-state index contributed by atoms with van der Waals surface area (Å²) in [4.78, 5) is 39.7. The van der Waals surface area contributed by atoms with Crippen molar-refractivity contribution < 1.29 is 28.2 Å². The Labute approximate surface area is 163 Å². The van der Waals surface area contributed by atoms with Crippen molar-refractivity contribution >= 4 is 23.7 Å². The summed E-state index contributed by atoms with van der Waals surface area (Å²) in [5.41, 5.74) is -1.96. The van der Waals surface area contributed by atoms with E-state index in [4.69, 9.17) is 9.47 Å². The number of piperidine rings is 1. The first kappa shape index (κ1) is 20.1. The second-order valence-electron chi connectivity index (χ2n) is 8.19. The third-order valence-electron chi connectivity index (χ3n) is 5.07. The molecule has 3 rings (SSSR count). The number of amides is 2. The van der Waals surface area contributed by atoms with E-state index in [0.717, 1.165) is 0 Å². The van der Waals surface area contributed by atoms with Gasteiger partial charge in [0.05, 0.1) is 12.7 Å². The van der Waals surface area contributed by atoms with Crippen molar-refractivity contribution in [1.82, 2.24) is 4.90 Å².